The number of H-pyrrole nitrogens is 1. The molecule has 0 unspecified atom stereocenters. The molecule has 4 rings (SSSR count). The zero-order valence-electron chi connectivity index (χ0n) is 13.7. The molecule has 0 radical (unpaired) electrons. The van der Waals surface area contributed by atoms with Crippen LogP contribution in [-0.2, 0) is 0 Å². The Morgan fingerprint density at radius 3 is 2.46 bits per heavy atom. The van der Waals surface area contributed by atoms with Crippen LogP contribution < -0.4 is 5.73 Å². The molecule has 3 aromatic rings. The molecule has 122 valence electrons. The Labute approximate surface area is 141 Å². The molecule has 2 aromatic carbocycles. The van der Waals surface area contributed by atoms with E-state index < -0.39 is 0 Å². The zero-order valence-corrected chi connectivity index (χ0v) is 13.7. The Balaban J connectivity index is 1.91. The third kappa shape index (κ3) is 2.60. The fourth-order valence-corrected chi connectivity index (χ4v) is 4.00. The summed E-state index contributed by atoms with van der Waals surface area (Å²) < 4.78 is 0. The van der Waals surface area contributed by atoms with Crippen molar-refractivity contribution in [2.75, 3.05) is 0 Å². The average molecular weight is 318 g/mol. The van der Waals surface area contributed by atoms with E-state index >= 15 is 0 Å². The van der Waals surface area contributed by atoms with Gasteiger partial charge in [0, 0.05) is 11.6 Å². The summed E-state index contributed by atoms with van der Waals surface area (Å²) in [6.07, 6.45) is 8.46. The number of benzene rings is 2. The Morgan fingerprint density at radius 2 is 1.75 bits per heavy atom. The molecule has 0 bridgehead atoms. The Morgan fingerprint density at radius 1 is 1.00 bits per heavy atom. The van der Waals surface area contributed by atoms with Crippen molar-refractivity contribution in [3.05, 3.63) is 59.8 Å². The van der Waals surface area contributed by atoms with Gasteiger partial charge in [0.1, 0.15) is 0 Å². The monoisotopic (exact) mass is 318 g/mol. The molecule has 1 heterocycles. The van der Waals surface area contributed by atoms with Gasteiger partial charge in [-0.05, 0) is 47.6 Å². The highest BCUT2D eigenvalue weighted by atomic mass is 16.1. The second-order valence-electron chi connectivity index (χ2n) is 6.76. The Bertz CT molecular complexity index is 873. The van der Waals surface area contributed by atoms with Crippen molar-refractivity contribution < 1.29 is 4.79 Å². The first kappa shape index (κ1) is 15.0. The summed E-state index contributed by atoms with van der Waals surface area (Å²) in [5.74, 6) is 0.203. The number of fused-ring (bicyclic) bond motifs is 1. The highest BCUT2D eigenvalue weighted by molar-refractivity contribution is 6.07. The molecule has 1 aliphatic carbocycles. The van der Waals surface area contributed by atoms with Crippen LogP contribution >= 0.6 is 0 Å². The third-order valence-electron chi connectivity index (χ3n) is 5.24. The van der Waals surface area contributed by atoms with E-state index in [0.717, 1.165) is 22.0 Å². The number of nitrogens with one attached hydrogen (secondary N) is 1. The van der Waals surface area contributed by atoms with Crippen molar-refractivity contribution in [2.45, 2.75) is 38.0 Å². The molecule has 1 aromatic heterocycles. The van der Waals surface area contributed by atoms with Gasteiger partial charge >= 0.3 is 0 Å². The van der Waals surface area contributed by atoms with Crippen LogP contribution in [0.3, 0.4) is 0 Å². The maximum Gasteiger partial charge on any atom is 0.250 e. The lowest BCUT2D eigenvalue weighted by molar-refractivity contribution is 0.100. The van der Waals surface area contributed by atoms with E-state index in [4.69, 9.17) is 5.73 Å². The molecule has 0 atom stereocenters. The molecule has 0 aliphatic heterocycles. The first-order valence-electron chi connectivity index (χ1n) is 8.74. The van der Waals surface area contributed by atoms with Crippen molar-refractivity contribution in [3.63, 3.8) is 0 Å². The summed E-state index contributed by atoms with van der Waals surface area (Å²) in [5, 5.41) is 1.15. The van der Waals surface area contributed by atoms with Gasteiger partial charge < -0.3 is 10.7 Å². The number of nitrogens with two attached hydrogens (primary N) is 1. The molecule has 1 amide bonds. The number of hydrogen-bond acceptors (Lipinski definition) is 1. The van der Waals surface area contributed by atoms with Crippen LogP contribution in [-0.4, -0.2) is 10.9 Å². The second kappa shape index (κ2) is 6.16. The molecule has 3 nitrogen and oxygen atoms in total. The first-order valence-corrected chi connectivity index (χ1v) is 8.74. The van der Waals surface area contributed by atoms with Crippen LogP contribution in [0.15, 0.2) is 48.7 Å². The van der Waals surface area contributed by atoms with Gasteiger partial charge in [0.2, 0.25) is 0 Å². The quantitative estimate of drug-likeness (QED) is 0.703. The molecule has 1 fully saturated rings. The SMILES string of the molecule is NC(=O)c1cc(-c2ccccc2)cc2c(C3CCCCC3)c[nH]c12. The number of carbonyl (C=O) groups excluding carboxylic acids is 1. The summed E-state index contributed by atoms with van der Waals surface area (Å²) >= 11 is 0. The average Bonchev–Trinajstić information content (AvgIpc) is 3.06. The van der Waals surface area contributed by atoms with Crippen LogP contribution in [0, 0.1) is 0 Å². The first-order chi connectivity index (χ1) is 11.7. The van der Waals surface area contributed by atoms with E-state index in [2.05, 4.69) is 29.4 Å². The van der Waals surface area contributed by atoms with E-state index in [1.54, 1.807) is 0 Å². The Hall–Kier alpha value is -2.55. The normalized spacial score (nSPS) is 15.7. The van der Waals surface area contributed by atoms with Crippen molar-refractivity contribution in [1.82, 2.24) is 4.98 Å². The highest BCUT2D eigenvalue weighted by Gasteiger charge is 2.21. The minimum atomic E-state index is -0.380. The molecule has 0 saturated heterocycles. The van der Waals surface area contributed by atoms with E-state index in [1.807, 2.05) is 24.3 Å². The maximum atomic E-state index is 12.0. The summed E-state index contributed by atoms with van der Waals surface area (Å²) in [6, 6.07) is 14.3. The van der Waals surface area contributed by atoms with Crippen LogP contribution in [0.25, 0.3) is 22.0 Å². The van der Waals surface area contributed by atoms with Crippen molar-refractivity contribution in [1.29, 1.82) is 0 Å². The van der Waals surface area contributed by atoms with Gasteiger partial charge in [-0.15, -0.1) is 0 Å². The number of primary amides is 1. The molecule has 1 saturated carbocycles. The number of aromatic amines is 1. The van der Waals surface area contributed by atoms with Gasteiger partial charge in [0.25, 0.3) is 5.91 Å². The molecular formula is C21H22N2O. The second-order valence-corrected chi connectivity index (χ2v) is 6.76. The minimum Gasteiger partial charge on any atom is -0.366 e. The van der Waals surface area contributed by atoms with Gasteiger partial charge in [-0.1, -0.05) is 49.6 Å². The van der Waals surface area contributed by atoms with Crippen LogP contribution in [0.4, 0.5) is 0 Å². The van der Waals surface area contributed by atoms with Crippen LogP contribution in [0.5, 0.6) is 0 Å². The highest BCUT2D eigenvalue weighted by Crippen LogP contribution is 2.38. The standard InChI is InChI=1S/C21H22N2O/c22-21(24)18-12-16(14-7-3-1-4-8-14)11-17-19(13-23-20(17)18)15-9-5-2-6-10-15/h1,3-4,7-8,11-13,15,23H,2,5-6,9-10H2,(H2,22,24). The summed E-state index contributed by atoms with van der Waals surface area (Å²) in [6.45, 7) is 0. The van der Waals surface area contributed by atoms with E-state index in [9.17, 15) is 4.79 Å². The van der Waals surface area contributed by atoms with E-state index in [-0.39, 0.29) is 5.91 Å². The fraction of sp³-hybridized carbons (Fsp3) is 0.286. The topological polar surface area (TPSA) is 58.9 Å². The van der Waals surface area contributed by atoms with E-state index in [1.165, 1.54) is 37.7 Å². The summed E-state index contributed by atoms with van der Waals surface area (Å²) in [4.78, 5) is 15.3. The summed E-state index contributed by atoms with van der Waals surface area (Å²) in [7, 11) is 0. The number of amides is 1. The predicted octanol–water partition coefficient (Wildman–Crippen LogP) is 4.98. The molecule has 3 N–H and O–H groups in total. The summed E-state index contributed by atoms with van der Waals surface area (Å²) in [5.41, 5.74) is 10.6. The number of hydrogen-bond donors (Lipinski definition) is 2. The van der Waals surface area contributed by atoms with Crippen LogP contribution in [0.2, 0.25) is 0 Å². The molecule has 1 aliphatic rings. The largest absolute Gasteiger partial charge is 0.366 e. The third-order valence-corrected chi connectivity index (χ3v) is 5.24. The molecule has 24 heavy (non-hydrogen) atoms. The molecule has 3 heteroatoms. The zero-order chi connectivity index (χ0) is 16.5. The molecular weight excluding hydrogens is 296 g/mol. The number of rotatable bonds is 3. The number of aromatic nitrogens is 1. The lowest BCUT2D eigenvalue weighted by Crippen LogP contribution is -2.12. The fourth-order valence-electron chi connectivity index (χ4n) is 4.00. The van der Waals surface area contributed by atoms with Crippen molar-refractivity contribution >= 4 is 16.8 Å². The van der Waals surface area contributed by atoms with Gasteiger partial charge in [-0.2, -0.15) is 0 Å². The lowest BCUT2D eigenvalue weighted by atomic mass is 9.83. The lowest BCUT2D eigenvalue weighted by Gasteiger charge is -2.21. The van der Waals surface area contributed by atoms with Gasteiger partial charge in [-0.25, -0.2) is 0 Å². The van der Waals surface area contributed by atoms with E-state index in [0.29, 0.717) is 11.5 Å². The van der Waals surface area contributed by atoms with Gasteiger partial charge in [-0.3, -0.25) is 4.79 Å². The maximum absolute atomic E-state index is 12.0. The van der Waals surface area contributed by atoms with Crippen molar-refractivity contribution in [3.8, 4) is 11.1 Å². The van der Waals surface area contributed by atoms with Crippen LogP contribution in [0.1, 0.15) is 53.9 Å². The van der Waals surface area contributed by atoms with Gasteiger partial charge in [0.05, 0.1) is 11.1 Å². The predicted molar refractivity (Wildman–Crippen MR) is 98.1 cm³/mol. The van der Waals surface area contributed by atoms with Crippen molar-refractivity contribution in [2.24, 2.45) is 5.73 Å². The smallest absolute Gasteiger partial charge is 0.250 e. The minimum absolute atomic E-state index is 0.380. The molecule has 0 spiro atoms. The Kier molecular flexibility index (Phi) is 3.85. The van der Waals surface area contributed by atoms with Gasteiger partial charge in [0.15, 0.2) is 0 Å². The number of carbonyl (C=O) groups is 1.